The molecule has 7 heavy (non-hydrogen) atoms. The molecule has 0 spiro atoms. The fraction of sp³-hybridized carbons (Fsp3) is 1.00. The van der Waals surface area contributed by atoms with E-state index in [2.05, 4.69) is 13.8 Å². The van der Waals surface area contributed by atoms with Crippen LogP contribution in [-0.4, -0.2) is 11.7 Å². The average Bonchev–Trinajstić information content (AvgIpc) is 1.35. The Morgan fingerprint density at radius 2 is 1.86 bits per heavy atom. The van der Waals surface area contributed by atoms with Crippen LogP contribution in [0, 0.1) is 5.92 Å². The van der Waals surface area contributed by atoms with Crippen molar-refractivity contribution >= 4 is 0 Å². The molecule has 0 rings (SSSR count). The van der Waals surface area contributed by atoms with Crippen molar-refractivity contribution in [3.8, 4) is 0 Å². The van der Waals surface area contributed by atoms with Gasteiger partial charge in [0.15, 0.2) is 0 Å². The summed E-state index contributed by atoms with van der Waals surface area (Å²) in [6.07, 6.45) is 0.931. The SMILES string of the molecule is CC(C)CCO.[Y]. The Morgan fingerprint density at radius 1 is 1.43 bits per heavy atom. The largest absolute Gasteiger partial charge is 0.396 e. The minimum atomic E-state index is 0. The predicted molar refractivity (Wildman–Crippen MR) is 26.5 cm³/mol. The Balaban J connectivity index is 0. The van der Waals surface area contributed by atoms with Gasteiger partial charge in [-0.1, -0.05) is 13.8 Å². The molecule has 0 aliphatic carbocycles. The Bertz CT molecular complexity index is 29.3. The molecular formula is C5H12OY. The monoisotopic (exact) mass is 177 g/mol. The van der Waals surface area contributed by atoms with Crippen molar-refractivity contribution in [3.05, 3.63) is 0 Å². The molecule has 1 radical (unpaired) electrons. The van der Waals surface area contributed by atoms with Gasteiger partial charge in [0.25, 0.3) is 0 Å². The van der Waals surface area contributed by atoms with Crippen LogP contribution in [0.2, 0.25) is 0 Å². The van der Waals surface area contributed by atoms with Crippen LogP contribution in [0.5, 0.6) is 0 Å². The second kappa shape index (κ2) is 7.06. The molecule has 0 bridgehead atoms. The quantitative estimate of drug-likeness (QED) is 0.667. The molecule has 0 aromatic heterocycles. The smallest absolute Gasteiger partial charge is 0.0433 e. The van der Waals surface area contributed by atoms with Crippen LogP contribution in [0.15, 0.2) is 0 Å². The van der Waals surface area contributed by atoms with Gasteiger partial charge < -0.3 is 5.11 Å². The van der Waals surface area contributed by atoms with Gasteiger partial charge in [-0.3, -0.25) is 0 Å². The summed E-state index contributed by atoms with van der Waals surface area (Å²) in [5, 5.41) is 8.24. The van der Waals surface area contributed by atoms with Crippen LogP contribution in [0.3, 0.4) is 0 Å². The van der Waals surface area contributed by atoms with E-state index >= 15 is 0 Å². The summed E-state index contributed by atoms with van der Waals surface area (Å²) in [4.78, 5) is 0. The van der Waals surface area contributed by atoms with Crippen LogP contribution in [-0.2, 0) is 32.7 Å². The number of aliphatic hydroxyl groups is 1. The maximum absolute atomic E-state index is 8.24. The van der Waals surface area contributed by atoms with Gasteiger partial charge in [0.05, 0.1) is 0 Å². The summed E-state index contributed by atoms with van der Waals surface area (Å²) in [5.41, 5.74) is 0. The van der Waals surface area contributed by atoms with Crippen LogP contribution in [0.25, 0.3) is 0 Å². The molecule has 0 aromatic carbocycles. The number of hydrogen-bond donors (Lipinski definition) is 1. The van der Waals surface area contributed by atoms with Crippen LogP contribution in [0.1, 0.15) is 20.3 Å². The number of rotatable bonds is 2. The molecule has 0 saturated heterocycles. The molecule has 0 heterocycles. The zero-order valence-electron chi connectivity index (χ0n) is 5.02. The standard InChI is InChI=1S/C5H12O.Y/c1-5(2)3-4-6;/h5-6H,3-4H2,1-2H3;. The molecule has 0 unspecified atom stereocenters. The third kappa shape index (κ3) is 11.0. The van der Waals surface area contributed by atoms with E-state index in [0.29, 0.717) is 12.5 Å². The molecule has 1 N–H and O–H groups in total. The van der Waals surface area contributed by atoms with Crippen molar-refractivity contribution in [2.75, 3.05) is 6.61 Å². The van der Waals surface area contributed by atoms with Gasteiger partial charge in [-0.25, -0.2) is 0 Å². The van der Waals surface area contributed by atoms with Gasteiger partial charge in [-0.05, 0) is 12.3 Å². The molecule has 0 saturated carbocycles. The van der Waals surface area contributed by atoms with Crippen molar-refractivity contribution in [2.45, 2.75) is 20.3 Å². The van der Waals surface area contributed by atoms with Crippen LogP contribution in [0.4, 0.5) is 0 Å². The third-order valence-corrected chi connectivity index (χ3v) is 0.706. The van der Waals surface area contributed by atoms with E-state index in [1.54, 1.807) is 0 Å². The van der Waals surface area contributed by atoms with E-state index in [0.717, 1.165) is 6.42 Å². The summed E-state index contributed by atoms with van der Waals surface area (Å²) in [7, 11) is 0. The molecular weight excluding hydrogens is 165 g/mol. The Hall–Kier alpha value is 1.06. The summed E-state index contributed by atoms with van der Waals surface area (Å²) < 4.78 is 0. The fourth-order valence-electron chi connectivity index (χ4n) is 0.258. The Kier molecular flexibility index (Phi) is 11.0. The molecule has 0 aromatic rings. The van der Waals surface area contributed by atoms with Gasteiger partial charge in [0.2, 0.25) is 0 Å². The van der Waals surface area contributed by atoms with E-state index in [1.165, 1.54) is 0 Å². The molecule has 1 nitrogen and oxygen atoms in total. The van der Waals surface area contributed by atoms with Crippen molar-refractivity contribution in [2.24, 2.45) is 5.92 Å². The van der Waals surface area contributed by atoms with Crippen LogP contribution < -0.4 is 0 Å². The summed E-state index contributed by atoms with van der Waals surface area (Å²) in [5.74, 6) is 0.648. The number of aliphatic hydroxyl groups excluding tert-OH is 1. The zero-order chi connectivity index (χ0) is 4.99. The first-order valence-electron chi connectivity index (χ1n) is 2.38. The first kappa shape index (κ1) is 10.9. The normalized spacial score (nSPS) is 8.57. The molecule has 0 amide bonds. The Labute approximate surface area is 70.4 Å². The van der Waals surface area contributed by atoms with Gasteiger partial charge >= 0.3 is 0 Å². The summed E-state index contributed by atoms with van der Waals surface area (Å²) in [6.45, 7) is 4.52. The number of hydrogen-bond acceptors (Lipinski definition) is 1. The Morgan fingerprint density at radius 3 is 1.86 bits per heavy atom. The van der Waals surface area contributed by atoms with Gasteiger partial charge in [-0.2, -0.15) is 0 Å². The van der Waals surface area contributed by atoms with E-state index in [4.69, 9.17) is 5.11 Å². The second-order valence-electron chi connectivity index (χ2n) is 1.91. The van der Waals surface area contributed by atoms with Crippen molar-refractivity contribution in [3.63, 3.8) is 0 Å². The maximum atomic E-state index is 8.24. The van der Waals surface area contributed by atoms with Crippen molar-refractivity contribution in [1.82, 2.24) is 0 Å². The maximum Gasteiger partial charge on any atom is 0.0433 e. The van der Waals surface area contributed by atoms with Crippen molar-refractivity contribution < 1.29 is 37.8 Å². The minimum Gasteiger partial charge on any atom is -0.396 e. The minimum absolute atomic E-state index is 0. The molecule has 0 aliphatic rings. The summed E-state index contributed by atoms with van der Waals surface area (Å²) in [6, 6.07) is 0. The van der Waals surface area contributed by atoms with Gasteiger partial charge in [-0.15, -0.1) is 0 Å². The fourth-order valence-corrected chi connectivity index (χ4v) is 0.258. The predicted octanol–water partition coefficient (Wildman–Crippen LogP) is 1.02. The third-order valence-electron chi connectivity index (χ3n) is 0.706. The molecule has 0 atom stereocenters. The molecule has 2 heteroatoms. The van der Waals surface area contributed by atoms with Gasteiger partial charge in [0.1, 0.15) is 0 Å². The van der Waals surface area contributed by atoms with E-state index in [-0.39, 0.29) is 32.7 Å². The molecule has 0 aliphatic heterocycles. The zero-order valence-corrected chi connectivity index (χ0v) is 7.85. The average molecular weight is 177 g/mol. The molecule has 0 fully saturated rings. The van der Waals surface area contributed by atoms with E-state index in [9.17, 15) is 0 Å². The molecule has 41 valence electrons. The van der Waals surface area contributed by atoms with E-state index < -0.39 is 0 Å². The first-order chi connectivity index (χ1) is 2.77. The van der Waals surface area contributed by atoms with Crippen molar-refractivity contribution in [1.29, 1.82) is 0 Å². The van der Waals surface area contributed by atoms with Gasteiger partial charge in [0, 0.05) is 39.3 Å². The second-order valence-corrected chi connectivity index (χ2v) is 1.91. The summed E-state index contributed by atoms with van der Waals surface area (Å²) >= 11 is 0. The topological polar surface area (TPSA) is 20.2 Å². The van der Waals surface area contributed by atoms with Crippen LogP contribution >= 0.6 is 0 Å². The first-order valence-corrected chi connectivity index (χ1v) is 2.38. The van der Waals surface area contributed by atoms with E-state index in [1.807, 2.05) is 0 Å².